The minimum absolute atomic E-state index is 0.147. The van der Waals surface area contributed by atoms with E-state index >= 15 is 0 Å². The molecular weight excluding hydrogens is 314 g/mol. The van der Waals surface area contributed by atoms with Crippen LogP contribution in [-0.4, -0.2) is 39.4 Å². The van der Waals surface area contributed by atoms with Gasteiger partial charge in [-0.3, -0.25) is 4.90 Å². The Morgan fingerprint density at radius 2 is 1.87 bits per heavy atom. The third-order valence-corrected chi connectivity index (χ3v) is 4.63. The molecule has 5 nitrogen and oxygen atoms in total. The van der Waals surface area contributed by atoms with Crippen molar-refractivity contribution in [3.8, 4) is 11.5 Å². The molecule has 1 aliphatic carbocycles. The number of rotatable bonds is 6. The van der Waals surface area contributed by atoms with Crippen molar-refractivity contribution in [1.82, 2.24) is 15.1 Å². The van der Waals surface area contributed by atoms with Crippen molar-refractivity contribution in [2.24, 2.45) is 0 Å². The summed E-state index contributed by atoms with van der Waals surface area (Å²) in [7, 11) is 0. The maximum atomic E-state index is 9.33. The Kier molecular flexibility index (Phi) is 5.65. The molecule has 124 valence electrons. The highest BCUT2D eigenvalue weighted by Crippen LogP contribution is 2.25. The Morgan fingerprint density at radius 1 is 1.13 bits per heavy atom. The van der Waals surface area contributed by atoms with Gasteiger partial charge in [-0.05, 0) is 37.1 Å². The Labute approximate surface area is 141 Å². The first-order chi connectivity index (χ1) is 11.3. The largest absolute Gasteiger partial charge is 0.419 e. The predicted octanol–water partition coefficient (Wildman–Crippen LogP) is 3.52. The number of aliphatic hydroxyl groups is 1. The third kappa shape index (κ3) is 4.31. The fourth-order valence-corrected chi connectivity index (χ4v) is 3.29. The summed E-state index contributed by atoms with van der Waals surface area (Å²) in [5.74, 6) is 1.10. The molecule has 0 radical (unpaired) electrons. The summed E-state index contributed by atoms with van der Waals surface area (Å²) >= 11 is 5.90. The molecule has 1 fully saturated rings. The molecule has 23 heavy (non-hydrogen) atoms. The summed E-state index contributed by atoms with van der Waals surface area (Å²) in [5, 5.41) is 18.3. The van der Waals surface area contributed by atoms with Crippen molar-refractivity contribution in [2.45, 2.75) is 44.7 Å². The number of hydrogen-bond donors (Lipinski definition) is 1. The normalized spacial score (nSPS) is 16.1. The van der Waals surface area contributed by atoms with E-state index in [9.17, 15) is 5.11 Å². The molecule has 1 aromatic carbocycles. The smallest absolute Gasteiger partial charge is 0.247 e. The summed E-state index contributed by atoms with van der Waals surface area (Å²) in [6.07, 6.45) is 6.18. The summed E-state index contributed by atoms with van der Waals surface area (Å²) in [4.78, 5) is 2.26. The van der Waals surface area contributed by atoms with Crippen LogP contribution in [-0.2, 0) is 6.54 Å². The maximum absolute atomic E-state index is 9.33. The molecular formula is C17H22ClN3O2. The average Bonchev–Trinajstić information content (AvgIpc) is 3.04. The van der Waals surface area contributed by atoms with Gasteiger partial charge in [0.05, 0.1) is 13.2 Å². The Balaban J connectivity index is 1.69. The predicted molar refractivity (Wildman–Crippen MR) is 89.1 cm³/mol. The zero-order chi connectivity index (χ0) is 16.1. The fourth-order valence-electron chi connectivity index (χ4n) is 3.17. The van der Waals surface area contributed by atoms with Crippen LogP contribution in [0.4, 0.5) is 0 Å². The van der Waals surface area contributed by atoms with Gasteiger partial charge in [0.15, 0.2) is 0 Å². The lowest BCUT2D eigenvalue weighted by Gasteiger charge is -2.32. The molecule has 0 aliphatic heterocycles. The van der Waals surface area contributed by atoms with E-state index in [2.05, 4.69) is 15.1 Å². The lowest BCUT2D eigenvalue weighted by Crippen LogP contribution is -2.38. The number of nitrogens with zero attached hydrogens (tertiary/aromatic N) is 3. The van der Waals surface area contributed by atoms with Gasteiger partial charge < -0.3 is 9.52 Å². The van der Waals surface area contributed by atoms with E-state index < -0.39 is 0 Å². The highest BCUT2D eigenvalue weighted by Gasteiger charge is 2.22. The van der Waals surface area contributed by atoms with Crippen LogP contribution in [0.1, 0.15) is 38.0 Å². The zero-order valence-electron chi connectivity index (χ0n) is 13.1. The van der Waals surface area contributed by atoms with Crippen LogP contribution in [0.25, 0.3) is 11.5 Å². The van der Waals surface area contributed by atoms with Gasteiger partial charge in [0, 0.05) is 23.2 Å². The van der Waals surface area contributed by atoms with E-state index in [0.29, 0.717) is 35.9 Å². The molecule has 2 aromatic rings. The lowest BCUT2D eigenvalue weighted by molar-refractivity contribution is 0.108. The number of aliphatic hydroxyl groups excluding tert-OH is 1. The highest BCUT2D eigenvalue weighted by molar-refractivity contribution is 6.30. The highest BCUT2D eigenvalue weighted by atomic mass is 35.5. The molecule has 0 atom stereocenters. The van der Waals surface area contributed by atoms with Gasteiger partial charge in [-0.15, -0.1) is 10.2 Å². The van der Waals surface area contributed by atoms with E-state index in [1.54, 1.807) is 12.1 Å². The molecule has 0 amide bonds. The Hall–Kier alpha value is -1.43. The number of benzene rings is 1. The van der Waals surface area contributed by atoms with Crippen LogP contribution in [0.15, 0.2) is 28.7 Å². The van der Waals surface area contributed by atoms with Crippen LogP contribution in [0.2, 0.25) is 5.02 Å². The second-order valence-corrected chi connectivity index (χ2v) is 6.43. The molecule has 0 spiro atoms. The molecule has 1 N–H and O–H groups in total. The van der Waals surface area contributed by atoms with Crippen molar-refractivity contribution in [1.29, 1.82) is 0 Å². The zero-order valence-corrected chi connectivity index (χ0v) is 13.9. The van der Waals surface area contributed by atoms with Crippen LogP contribution in [0.3, 0.4) is 0 Å². The van der Waals surface area contributed by atoms with E-state index in [4.69, 9.17) is 16.0 Å². The maximum Gasteiger partial charge on any atom is 0.247 e. The van der Waals surface area contributed by atoms with Crippen LogP contribution >= 0.6 is 11.6 Å². The first kappa shape index (κ1) is 16.4. The molecule has 0 saturated heterocycles. The van der Waals surface area contributed by atoms with Crippen molar-refractivity contribution >= 4 is 11.6 Å². The molecule has 1 aromatic heterocycles. The van der Waals surface area contributed by atoms with Gasteiger partial charge in [0.2, 0.25) is 11.8 Å². The summed E-state index contributed by atoms with van der Waals surface area (Å²) in [6, 6.07) is 7.85. The van der Waals surface area contributed by atoms with E-state index in [1.807, 2.05) is 12.1 Å². The molecule has 1 aliphatic rings. The Morgan fingerprint density at radius 3 is 2.57 bits per heavy atom. The first-order valence-electron chi connectivity index (χ1n) is 8.19. The van der Waals surface area contributed by atoms with E-state index in [1.165, 1.54) is 32.1 Å². The van der Waals surface area contributed by atoms with Gasteiger partial charge in [0.25, 0.3) is 0 Å². The average molecular weight is 336 g/mol. The minimum atomic E-state index is 0.147. The Bertz CT molecular complexity index is 609. The molecule has 6 heteroatoms. The van der Waals surface area contributed by atoms with Crippen molar-refractivity contribution in [3.63, 3.8) is 0 Å². The number of halogens is 1. The molecule has 0 unspecified atom stereocenters. The standard InChI is InChI=1S/C17H22ClN3O2/c18-14-8-6-13(7-9-14)17-20-19-16(23-17)12-21(10-11-22)15-4-2-1-3-5-15/h6-9,15,22H,1-5,10-12H2. The van der Waals surface area contributed by atoms with Crippen molar-refractivity contribution in [3.05, 3.63) is 35.2 Å². The molecule has 1 saturated carbocycles. The fraction of sp³-hybridized carbons (Fsp3) is 0.529. The van der Waals surface area contributed by atoms with Crippen LogP contribution in [0.5, 0.6) is 0 Å². The van der Waals surface area contributed by atoms with Crippen molar-refractivity contribution in [2.75, 3.05) is 13.2 Å². The summed E-state index contributed by atoms with van der Waals surface area (Å²) in [6.45, 7) is 1.38. The van der Waals surface area contributed by atoms with Gasteiger partial charge in [0.1, 0.15) is 0 Å². The monoisotopic (exact) mass is 335 g/mol. The van der Waals surface area contributed by atoms with Gasteiger partial charge in [-0.1, -0.05) is 30.9 Å². The third-order valence-electron chi connectivity index (χ3n) is 4.37. The summed E-state index contributed by atoms with van der Waals surface area (Å²) in [5.41, 5.74) is 0.861. The second-order valence-electron chi connectivity index (χ2n) is 5.99. The van der Waals surface area contributed by atoms with Crippen LogP contribution in [0, 0.1) is 0 Å². The summed E-state index contributed by atoms with van der Waals surface area (Å²) < 4.78 is 5.79. The molecule has 3 rings (SSSR count). The van der Waals surface area contributed by atoms with Crippen molar-refractivity contribution < 1.29 is 9.52 Å². The van der Waals surface area contributed by atoms with Gasteiger partial charge in [-0.25, -0.2) is 0 Å². The first-order valence-corrected chi connectivity index (χ1v) is 8.57. The van der Waals surface area contributed by atoms with Crippen LogP contribution < -0.4 is 0 Å². The number of aromatic nitrogens is 2. The quantitative estimate of drug-likeness (QED) is 0.875. The van der Waals surface area contributed by atoms with E-state index in [0.717, 1.165) is 5.56 Å². The van der Waals surface area contributed by atoms with Gasteiger partial charge >= 0.3 is 0 Å². The molecule has 0 bridgehead atoms. The topological polar surface area (TPSA) is 62.4 Å². The lowest BCUT2D eigenvalue weighted by atomic mass is 9.94. The number of hydrogen-bond acceptors (Lipinski definition) is 5. The van der Waals surface area contributed by atoms with Gasteiger partial charge in [-0.2, -0.15) is 0 Å². The molecule has 1 heterocycles. The van der Waals surface area contributed by atoms with E-state index in [-0.39, 0.29) is 6.61 Å². The SMILES string of the molecule is OCCN(Cc1nnc(-c2ccc(Cl)cc2)o1)C1CCCCC1. The minimum Gasteiger partial charge on any atom is -0.419 e. The second kappa shape index (κ2) is 7.90.